The first-order chi connectivity index (χ1) is 9.56. The summed E-state index contributed by atoms with van der Waals surface area (Å²) in [5.74, 6) is -0.982. The van der Waals surface area contributed by atoms with Crippen molar-refractivity contribution >= 4 is 37.8 Å². The molecule has 0 aliphatic carbocycles. The predicted octanol–water partition coefficient (Wildman–Crippen LogP) is 4.40. The van der Waals surface area contributed by atoms with Crippen LogP contribution in [0.15, 0.2) is 57.5 Å². The van der Waals surface area contributed by atoms with Crippen LogP contribution >= 0.6 is 31.9 Å². The van der Waals surface area contributed by atoms with Crippen LogP contribution in [0.3, 0.4) is 0 Å². The van der Waals surface area contributed by atoms with Crippen molar-refractivity contribution in [2.75, 3.05) is 6.61 Å². The molecule has 0 saturated heterocycles. The molecule has 0 saturated carbocycles. The molecule has 2 aromatic carbocycles. The van der Waals surface area contributed by atoms with Crippen molar-refractivity contribution in [3.63, 3.8) is 0 Å². The van der Waals surface area contributed by atoms with Gasteiger partial charge in [0.25, 0.3) is 0 Å². The van der Waals surface area contributed by atoms with E-state index in [-0.39, 0.29) is 6.61 Å². The molecule has 0 aliphatic rings. The number of benzene rings is 2. The monoisotopic (exact) mass is 398 g/mol. The summed E-state index contributed by atoms with van der Waals surface area (Å²) in [5, 5.41) is 8.80. The average molecular weight is 400 g/mol. The molecular weight excluding hydrogens is 388 g/mol. The molecule has 0 aromatic heterocycles. The fourth-order valence-corrected chi connectivity index (χ4v) is 2.34. The lowest BCUT2D eigenvalue weighted by molar-refractivity contribution is -0.143. The van der Waals surface area contributed by atoms with Crippen molar-refractivity contribution in [2.45, 2.75) is 6.10 Å². The Morgan fingerprint density at radius 1 is 0.950 bits per heavy atom. The summed E-state index contributed by atoms with van der Waals surface area (Å²) in [4.78, 5) is 10.7. The van der Waals surface area contributed by atoms with Crippen LogP contribution in [-0.4, -0.2) is 17.7 Å². The Balaban J connectivity index is 2.30. The molecule has 0 atom stereocenters. The van der Waals surface area contributed by atoms with Gasteiger partial charge in [-0.25, -0.2) is 4.79 Å². The molecule has 2 rings (SSSR count). The summed E-state index contributed by atoms with van der Waals surface area (Å²) in [5.41, 5.74) is 1.83. The van der Waals surface area contributed by atoms with Crippen molar-refractivity contribution < 1.29 is 14.6 Å². The zero-order valence-electron chi connectivity index (χ0n) is 10.4. The van der Waals surface area contributed by atoms with E-state index in [9.17, 15) is 4.79 Å². The quantitative estimate of drug-likeness (QED) is 0.810. The molecule has 5 heteroatoms. The highest BCUT2D eigenvalue weighted by molar-refractivity contribution is 9.10. The molecule has 2 aromatic rings. The van der Waals surface area contributed by atoms with Gasteiger partial charge in [0.2, 0.25) is 0 Å². The minimum atomic E-state index is -0.982. The lowest BCUT2D eigenvalue weighted by atomic mass is 10.0. The molecule has 0 amide bonds. The number of carboxylic acids is 1. The topological polar surface area (TPSA) is 46.5 Å². The summed E-state index contributed by atoms with van der Waals surface area (Å²) in [6.07, 6.45) is -0.396. The first-order valence-electron chi connectivity index (χ1n) is 5.90. The van der Waals surface area contributed by atoms with Gasteiger partial charge in [0, 0.05) is 8.95 Å². The van der Waals surface area contributed by atoms with Crippen molar-refractivity contribution in [1.29, 1.82) is 0 Å². The second-order valence-electron chi connectivity index (χ2n) is 4.19. The van der Waals surface area contributed by atoms with E-state index in [4.69, 9.17) is 9.84 Å². The standard InChI is InChI=1S/C15H12Br2O3/c16-12-5-1-10(2-6-12)15(20-9-14(18)19)11-3-7-13(17)8-4-11/h1-8,15H,9H2,(H,18,19). The Morgan fingerprint density at radius 2 is 1.35 bits per heavy atom. The average Bonchev–Trinajstić information content (AvgIpc) is 2.42. The lowest BCUT2D eigenvalue weighted by Crippen LogP contribution is -2.13. The maximum absolute atomic E-state index is 10.7. The van der Waals surface area contributed by atoms with Crippen LogP contribution in [0.5, 0.6) is 0 Å². The normalized spacial score (nSPS) is 10.8. The minimum Gasteiger partial charge on any atom is -0.480 e. The Bertz CT molecular complexity index is 534. The van der Waals surface area contributed by atoms with Crippen molar-refractivity contribution in [3.05, 3.63) is 68.6 Å². The van der Waals surface area contributed by atoms with Crippen LogP contribution in [0.25, 0.3) is 0 Å². The van der Waals surface area contributed by atoms with Crippen molar-refractivity contribution in [1.82, 2.24) is 0 Å². The molecule has 3 nitrogen and oxygen atoms in total. The Hall–Kier alpha value is -1.17. The van der Waals surface area contributed by atoms with Crippen LogP contribution in [0, 0.1) is 0 Å². The molecule has 1 N–H and O–H groups in total. The highest BCUT2D eigenvalue weighted by atomic mass is 79.9. The SMILES string of the molecule is O=C(O)COC(c1ccc(Br)cc1)c1ccc(Br)cc1. The highest BCUT2D eigenvalue weighted by Gasteiger charge is 2.16. The van der Waals surface area contributed by atoms with E-state index in [2.05, 4.69) is 31.9 Å². The van der Waals surface area contributed by atoms with E-state index in [1.54, 1.807) is 0 Å². The number of hydrogen-bond donors (Lipinski definition) is 1. The van der Waals surface area contributed by atoms with Crippen LogP contribution in [0.4, 0.5) is 0 Å². The Labute approximate surface area is 133 Å². The fourth-order valence-electron chi connectivity index (χ4n) is 1.81. The first-order valence-corrected chi connectivity index (χ1v) is 7.49. The summed E-state index contributed by atoms with van der Waals surface area (Å²) in [6, 6.07) is 15.3. The summed E-state index contributed by atoms with van der Waals surface area (Å²) < 4.78 is 7.46. The van der Waals surface area contributed by atoms with Gasteiger partial charge < -0.3 is 9.84 Å². The third kappa shape index (κ3) is 4.16. The van der Waals surface area contributed by atoms with Gasteiger partial charge in [0.05, 0.1) is 0 Å². The molecule has 20 heavy (non-hydrogen) atoms. The molecular formula is C15H12Br2O3. The Kier molecular flexibility index (Phi) is 5.34. The summed E-state index contributed by atoms with van der Waals surface area (Å²) in [7, 11) is 0. The van der Waals surface area contributed by atoms with E-state index in [1.807, 2.05) is 48.5 Å². The second-order valence-corrected chi connectivity index (χ2v) is 6.02. The smallest absolute Gasteiger partial charge is 0.329 e. The van der Waals surface area contributed by atoms with Gasteiger partial charge in [0.15, 0.2) is 0 Å². The first kappa shape index (κ1) is 15.2. The maximum Gasteiger partial charge on any atom is 0.329 e. The van der Waals surface area contributed by atoms with E-state index in [0.29, 0.717) is 0 Å². The molecule has 0 spiro atoms. The van der Waals surface area contributed by atoms with Gasteiger partial charge in [-0.15, -0.1) is 0 Å². The van der Waals surface area contributed by atoms with Crippen LogP contribution < -0.4 is 0 Å². The molecule has 0 heterocycles. The fraction of sp³-hybridized carbons (Fsp3) is 0.133. The zero-order chi connectivity index (χ0) is 14.5. The Morgan fingerprint density at radius 3 is 1.70 bits per heavy atom. The van der Waals surface area contributed by atoms with Gasteiger partial charge in [-0.05, 0) is 35.4 Å². The van der Waals surface area contributed by atoms with Gasteiger partial charge in [-0.3, -0.25) is 0 Å². The predicted molar refractivity (Wildman–Crippen MR) is 83.7 cm³/mol. The number of carboxylic acid groups (broad SMARTS) is 1. The van der Waals surface area contributed by atoms with Crippen LogP contribution in [0.1, 0.15) is 17.2 Å². The molecule has 0 bridgehead atoms. The van der Waals surface area contributed by atoms with Gasteiger partial charge >= 0.3 is 5.97 Å². The molecule has 0 unspecified atom stereocenters. The second kappa shape index (κ2) is 7.02. The highest BCUT2D eigenvalue weighted by Crippen LogP contribution is 2.28. The summed E-state index contributed by atoms with van der Waals surface area (Å²) in [6.45, 7) is -0.337. The number of carbonyl (C=O) groups is 1. The number of hydrogen-bond acceptors (Lipinski definition) is 2. The molecule has 0 fully saturated rings. The largest absolute Gasteiger partial charge is 0.480 e. The number of rotatable bonds is 5. The van der Waals surface area contributed by atoms with E-state index >= 15 is 0 Å². The van der Waals surface area contributed by atoms with Crippen molar-refractivity contribution in [3.8, 4) is 0 Å². The molecule has 104 valence electrons. The van der Waals surface area contributed by atoms with E-state index < -0.39 is 12.1 Å². The lowest BCUT2D eigenvalue weighted by Gasteiger charge is -2.18. The van der Waals surface area contributed by atoms with Crippen LogP contribution in [0.2, 0.25) is 0 Å². The molecule has 0 radical (unpaired) electrons. The number of aliphatic carboxylic acids is 1. The van der Waals surface area contributed by atoms with Gasteiger partial charge in [0.1, 0.15) is 12.7 Å². The zero-order valence-corrected chi connectivity index (χ0v) is 13.6. The maximum atomic E-state index is 10.7. The van der Waals surface area contributed by atoms with Gasteiger partial charge in [-0.2, -0.15) is 0 Å². The van der Waals surface area contributed by atoms with Crippen molar-refractivity contribution in [2.24, 2.45) is 0 Å². The minimum absolute atomic E-state index is 0.337. The van der Waals surface area contributed by atoms with Crippen LogP contribution in [-0.2, 0) is 9.53 Å². The third-order valence-electron chi connectivity index (χ3n) is 2.72. The number of ether oxygens (including phenoxy) is 1. The third-order valence-corrected chi connectivity index (χ3v) is 3.78. The van der Waals surface area contributed by atoms with E-state index in [0.717, 1.165) is 20.1 Å². The summed E-state index contributed by atoms with van der Waals surface area (Å²) >= 11 is 6.76. The van der Waals surface area contributed by atoms with E-state index in [1.165, 1.54) is 0 Å². The van der Waals surface area contributed by atoms with Gasteiger partial charge in [-0.1, -0.05) is 56.1 Å². The number of halogens is 2. The molecule has 0 aliphatic heterocycles.